The molecule has 0 amide bonds. The first-order chi connectivity index (χ1) is 13.7. The Morgan fingerprint density at radius 1 is 1.28 bits per heavy atom. The van der Waals surface area contributed by atoms with Gasteiger partial charge in [-0.2, -0.15) is 13.2 Å². The molecule has 1 aromatic rings. The first-order valence-electron chi connectivity index (χ1n) is 9.61. The van der Waals surface area contributed by atoms with Crippen LogP contribution in [0.15, 0.2) is 36.4 Å². The van der Waals surface area contributed by atoms with Gasteiger partial charge in [0.25, 0.3) is 0 Å². The number of carboxylic acids is 1. The number of halogens is 4. The van der Waals surface area contributed by atoms with Crippen molar-refractivity contribution in [2.45, 2.75) is 56.4 Å². The van der Waals surface area contributed by atoms with E-state index < -0.39 is 23.8 Å². The summed E-state index contributed by atoms with van der Waals surface area (Å²) in [5, 5.41) is 18.7. The molecule has 8 heteroatoms. The highest BCUT2D eigenvalue weighted by Gasteiger charge is 2.40. The summed E-state index contributed by atoms with van der Waals surface area (Å²) in [6.07, 6.45) is 1.26. The summed E-state index contributed by atoms with van der Waals surface area (Å²) in [5.74, 6) is -1.04. The molecule has 0 aliphatic heterocycles. The second-order valence-corrected chi connectivity index (χ2v) is 7.91. The zero-order chi connectivity index (χ0) is 21.4. The highest BCUT2D eigenvalue weighted by molar-refractivity contribution is 6.21. The maximum Gasteiger partial charge on any atom is 0.416 e. The van der Waals surface area contributed by atoms with Crippen LogP contribution < -0.4 is 0 Å². The van der Waals surface area contributed by atoms with Crippen molar-refractivity contribution in [3.05, 3.63) is 47.5 Å². The minimum absolute atomic E-state index is 0.0103. The molecule has 0 unspecified atom stereocenters. The number of ether oxygens (including phenoxy) is 1. The molecule has 162 valence electrons. The van der Waals surface area contributed by atoms with Gasteiger partial charge >= 0.3 is 12.1 Å². The van der Waals surface area contributed by atoms with E-state index in [1.165, 1.54) is 6.07 Å². The van der Waals surface area contributed by atoms with Gasteiger partial charge in [0.15, 0.2) is 0 Å². The Hall–Kier alpha value is -1.57. The van der Waals surface area contributed by atoms with Crippen LogP contribution in [-0.4, -0.2) is 34.3 Å². The predicted molar refractivity (Wildman–Crippen MR) is 104 cm³/mol. The van der Waals surface area contributed by atoms with E-state index in [0.717, 1.165) is 12.1 Å². The van der Waals surface area contributed by atoms with Crippen molar-refractivity contribution in [3.8, 4) is 0 Å². The van der Waals surface area contributed by atoms with Crippen LogP contribution in [-0.2, 0) is 22.3 Å². The van der Waals surface area contributed by atoms with Crippen molar-refractivity contribution in [2.75, 3.05) is 6.61 Å². The van der Waals surface area contributed by atoms with Gasteiger partial charge < -0.3 is 14.9 Å². The molecule has 4 nitrogen and oxygen atoms in total. The third kappa shape index (κ3) is 7.64. The van der Waals surface area contributed by atoms with Crippen LogP contribution >= 0.6 is 11.6 Å². The van der Waals surface area contributed by atoms with E-state index in [0.29, 0.717) is 31.2 Å². The Bertz CT molecular complexity index is 693. The van der Waals surface area contributed by atoms with E-state index in [1.54, 1.807) is 6.07 Å². The summed E-state index contributed by atoms with van der Waals surface area (Å²) >= 11 is 6.36. The molecule has 0 saturated heterocycles. The molecule has 2 N–H and O–H groups in total. The number of alkyl halides is 4. The zero-order valence-corrected chi connectivity index (χ0v) is 16.7. The maximum atomic E-state index is 12.8. The highest BCUT2D eigenvalue weighted by Crippen LogP contribution is 2.39. The van der Waals surface area contributed by atoms with E-state index >= 15 is 0 Å². The lowest BCUT2D eigenvalue weighted by molar-refractivity contribution is -0.138. The minimum Gasteiger partial charge on any atom is -0.481 e. The number of unbranched alkanes of at least 4 members (excludes halogenated alkanes) is 1. The number of benzene rings is 1. The van der Waals surface area contributed by atoms with Gasteiger partial charge in [-0.3, -0.25) is 4.79 Å². The average Bonchev–Trinajstić information content (AvgIpc) is 2.90. The Labute approximate surface area is 173 Å². The van der Waals surface area contributed by atoms with Crippen LogP contribution in [0.4, 0.5) is 13.2 Å². The molecule has 1 aliphatic rings. The summed E-state index contributed by atoms with van der Waals surface area (Å²) in [5.41, 5.74) is -0.296. The van der Waals surface area contributed by atoms with Crippen molar-refractivity contribution < 1.29 is 32.9 Å². The Morgan fingerprint density at radius 3 is 2.72 bits per heavy atom. The molecule has 4 atom stereocenters. The van der Waals surface area contributed by atoms with Crippen LogP contribution in [0, 0.1) is 11.8 Å². The first kappa shape index (κ1) is 23.7. The number of carboxylic acid groups (broad SMARTS) is 1. The molecule has 0 aromatic heterocycles. The minimum atomic E-state index is -4.40. The number of allylic oxidation sites excluding steroid dienone is 2. The fourth-order valence-corrected chi connectivity index (χ4v) is 4.06. The summed E-state index contributed by atoms with van der Waals surface area (Å²) in [4.78, 5) is 10.5. The van der Waals surface area contributed by atoms with E-state index in [-0.39, 0.29) is 36.8 Å². The third-order valence-electron chi connectivity index (χ3n) is 5.15. The van der Waals surface area contributed by atoms with Crippen LogP contribution in [0.1, 0.15) is 43.2 Å². The number of aliphatic hydroxyl groups is 1. The molecule has 1 fully saturated rings. The lowest BCUT2D eigenvalue weighted by Crippen LogP contribution is -2.25. The maximum absolute atomic E-state index is 12.8. The van der Waals surface area contributed by atoms with Gasteiger partial charge in [0.05, 0.1) is 24.9 Å². The van der Waals surface area contributed by atoms with E-state index in [2.05, 4.69) is 0 Å². The number of carbonyl (C=O) groups is 1. The molecular weight excluding hydrogens is 409 g/mol. The topological polar surface area (TPSA) is 66.8 Å². The summed E-state index contributed by atoms with van der Waals surface area (Å²) in [6.45, 7) is 0.232. The predicted octanol–water partition coefficient (Wildman–Crippen LogP) is 5.03. The van der Waals surface area contributed by atoms with Crippen LogP contribution in [0.2, 0.25) is 0 Å². The lowest BCUT2D eigenvalue weighted by Gasteiger charge is -2.22. The quantitative estimate of drug-likeness (QED) is 0.308. The van der Waals surface area contributed by atoms with Crippen LogP contribution in [0.5, 0.6) is 0 Å². The third-order valence-corrected chi connectivity index (χ3v) is 5.65. The number of hydrogen-bond donors (Lipinski definition) is 2. The largest absolute Gasteiger partial charge is 0.481 e. The van der Waals surface area contributed by atoms with Crippen LogP contribution in [0.3, 0.4) is 0 Å². The first-order valence-corrected chi connectivity index (χ1v) is 10.0. The van der Waals surface area contributed by atoms with Crippen molar-refractivity contribution in [1.82, 2.24) is 0 Å². The number of aliphatic hydroxyl groups excluding tert-OH is 1. The van der Waals surface area contributed by atoms with Gasteiger partial charge in [-0.15, -0.1) is 11.6 Å². The molecule has 1 aliphatic carbocycles. The SMILES string of the molecule is O=C(O)CCC/C=C\C[C@@H]1[C@@H](COCc2cccc(C(F)(F)F)c2)[C@H](O)C[C@@H]1Cl. The fourth-order valence-electron chi connectivity index (χ4n) is 3.58. The van der Waals surface area contributed by atoms with Crippen molar-refractivity contribution in [2.24, 2.45) is 11.8 Å². The molecule has 0 bridgehead atoms. The highest BCUT2D eigenvalue weighted by atomic mass is 35.5. The fraction of sp³-hybridized carbons (Fsp3) is 0.571. The molecule has 0 heterocycles. The van der Waals surface area contributed by atoms with Crippen molar-refractivity contribution >= 4 is 17.6 Å². The molecule has 0 spiro atoms. The average molecular weight is 435 g/mol. The van der Waals surface area contributed by atoms with Gasteiger partial charge in [-0.05, 0) is 49.3 Å². The molecule has 2 rings (SSSR count). The standard InChI is InChI=1S/C21H26ClF3O4/c22-18-11-19(26)17(16(18)8-3-1-2-4-9-20(27)28)13-29-12-14-6-5-7-15(10-14)21(23,24)25/h1,3,5-7,10,16-19,26H,2,4,8-9,11-13H2,(H,27,28)/b3-1-/t16-,17-,18+,19-/m1/s1. The van der Waals surface area contributed by atoms with E-state index in [1.807, 2.05) is 12.2 Å². The monoisotopic (exact) mass is 434 g/mol. The van der Waals surface area contributed by atoms with Gasteiger partial charge in [-0.1, -0.05) is 24.3 Å². The molecular formula is C21H26ClF3O4. The Morgan fingerprint density at radius 2 is 2.03 bits per heavy atom. The van der Waals surface area contributed by atoms with Gasteiger partial charge in [0.2, 0.25) is 0 Å². The molecule has 1 aromatic carbocycles. The van der Waals surface area contributed by atoms with Crippen molar-refractivity contribution in [3.63, 3.8) is 0 Å². The van der Waals surface area contributed by atoms with Gasteiger partial charge in [0, 0.05) is 17.7 Å². The molecule has 29 heavy (non-hydrogen) atoms. The number of hydrogen-bond acceptors (Lipinski definition) is 3. The number of rotatable bonds is 10. The zero-order valence-electron chi connectivity index (χ0n) is 15.9. The van der Waals surface area contributed by atoms with Gasteiger partial charge in [-0.25, -0.2) is 0 Å². The number of aliphatic carboxylic acids is 1. The second kappa shape index (κ2) is 11.0. The van der Waals surface area contributed by atoms with Crippen LogP contribution in [0.25, 0.3) is 0 Å². The van der Waals surface area contributed by atoms with Gasteiger partial charge in [0.1, 0.15) is 0 Å². The van der Waals surface area contributed by atoms with E-state index in [4.69, 9.17) is 21.4 Å². The van der Waals surface area contributed by atoms with E-state index in [9.17, 15) is 23.1 Å². The Kier molecular flexibility index (Phi) is 8.99. The van der Waals surface area contributed by atoms with Crippen molar-refractivity contribution in [1.29, 1.82) is 0 Å². The smallest absolute Gasteiger partial charge is 0.416 e. The molecule has 1 saturated carbocycles. The molecule has 0 radical (unpaired) electrons. The summed E-state index contributed by atoms with van der Waals surface area (Å²) in [6, 6.07) is 4.99. The second-order valence-electron chi connectivity index (χ2n) is 7.35. The lowest BCUT2D eigenvalue weighted by atomic mass is 9.92. The normalized spacial score (nSPS) is 25.0. The summed E-state index contributed by atoms with van der Waals surface area (Å²) < 4.78 is 44.0. The summed E-state index contributed by atoms with van der Waals surface area (Å²) in [7, 11) is 0. The Balaban J connectivity index is 1.84.